The van der Waals surface area contributed by atoms with Gasteiger partial charge in [0.2, 0.25) is 0 Å². The number of carbonyl (C=O) groups is 1. The minimum absolute atomic E-state index is 0.146. The molecule has 0 amide bonds. The molecule has 0 unspecified atom stereocenters. The Labute approximate surface area is 97.3 Å². The van der Waals surface area contributed by atoms with Gasteiger partial charge in [0.05, 0.1) is 6.61 Å². The van der Waals surface area contributed by atoms with Crippen LogP contribution < -0.4 is 0 Å². The van der Waals surface area contributed by atoms with Gasteiger partial charge in [-0.2, -0.15) is 0 Å². The Kier molecular flexibility index (Phi) is 5.20. The van der Waals surface area contributed by atoms with E-state index in [1.165, 1.54) is 0 Å². The zero-order valence-electron chi connectivity index (χ0n) is 9.37. The predicted octanol–water partition coefficient (Wildman–Crippen LogP) is 1.71. The molecule has 0 aromatic heterocycles. The number of rotatable bonds is 5. The first-order chi connectivity index (χ1) is 7.87. The lowest BCUT2D eigenvalue weighted by molar-refractivity contribution is -0.325. The number of alkyl halides is 3. The van der Waals surface area contributed by atoms with Crippen LogP contribution in [-0.4, -0.2) is 48.6 Å². The number of ether oxygens (including phenoxy) is 1. The van der Waals surface area contributed by atoms with E-state index in [4.69, 9.17) is 5.11 Å². The van der Waals surface area contributed by atoms with Crippen LogP contribution in [0.5, 0.6) is 0 Å². The summed E-state index contributed by atoms with van der Waals surface area (Å²) in [4.78, 5) is 12.3. The average Bonchev–Trinajstić information content (AvgIpc) is 2.18. The van der Waals surface area contributed by atoms with Crippen LogP contribution >= 0.6 is 0 Å². The van der Waals surface area contributed by atoms with E-state index in [0.717, 1.165) is 12.8 Å². The number of hydrogen-bond acceptors (Lipinski definition) is 3. The van der Waals surface area contributed by atoms with Crippen molar-refractivity contribution >= 4 is 5.97 Å². The fourth-order valence-electron chi connectivity index (χ4n) is 1.95. The van der Waals surface area contributed by atoms with Crippen molar-refractivity contribution in [1.82, 2.24) is 4.90 Å². The topological polar surface area (TPSA) is 49.8 Å². The van der Waals surface area contributed by atoms with Crippen LogP contribution in [0.3, 0.4) is 0 Å². The summed E-state index contributed by atoms with van der Waals surface area (Å²) in [5.74, 6) is -0.670. The fraction of sp³-hybridized carbons (Fsp3) is 0.900. The number of carboxylic acid groups (broad SMARTS) is 1. The van der Waals surface area contributed by atoms with Crippen molar-refractivity contribution in [3.8, 4) is 0 Å². The molecule has 7 heteroatoms. The van der Waals surface area contributed by atoms with Gasteiger partial charge in [-0.1, -0.05) is 0 Å². The first kappa shape index (κ1) is 14.2. The second kappa shape index (κ2) is 6.20. The van der Waals surface area contributed by atoms with Crippen LogP contribution in [-0.2, 0) is 9.53 Å². The fourth-order valence-corrected chi connectivity index (χ4v) is 1.95. The molecule has 1 saturated heterocycles. The minimum atomic E-state index is -4.57. The standard InChI is InChI=1S/C10H16F3NO3/c11-10(12,13)17-6-5-14-3-1-8(2-4-14)7-9(15)16/h8H,1-7H2,(H,15,16). The molecule has 0 aliphatic carbocycles. The number of hydrogen-bond donors (Lipinski definition) is 1. The summed E-state index contributed by atoms with van der Waals surface area (Å²) in [5.41, 5.74) is 0. The van der Waals surface area contributed by atoms with Crippen molar-refractivity contribution in [1.29, 1.82) is 0 Å². The van der Waals surface area contributed by atoms with Gasteiger partial charge in [-0.25, -0.2) is 0 Å². The second-order valence-electron chi connectivity index (χ2n) is 4.18. The maximum absolute atomic E-state index is 11.7. The van der Waals surface area contributed by atoms with Crippen LogP contribution in [0, 0.1) is 5.92 Å². The lowest BCUT2D eigenvalue weighted by Gasteiger charge is -2.31. The maximum Gasteiger partial charge on any atom is 0.522 e. The molecular weight excluding hydrogens is 239 g/mol. The maximum atomic E-state index is 11.7. The molecule has 4 nitrogen and oxygen atoms in total. The summed E-state index contributed by atoms with van der Waals surface area (Å²) in [5, 5.41) is 8.60. The molecule has 1 N–H and O–H groups in total. The summed E-state index contributed by atoms with van der Waals surface area (Å²) in [6.07, 6.45) is -2.98. The highest BCUT2D eigenvalue weighted by Gasteiger charge is 2.29. The Balaban J connectivity index is 2.13. The van der Waals surface area contributed by atoms with Gasteiger partial charge in [-0.3, -0.25) is 9.53 Å². The van der Waals surface area contributed by atoms with Gasteiger partial charge in [-0.15, -0.1) is 13.2 Å². The molecule has 0 aromatic rings. The van der Waals surface area contributed by atoms with Crippen LogP contribution in [0.15, 0.2) is 0 Å². The monoisotopic (exact) mass is 255 g/mol. The van der Waals surface area contributed by atoms with E-state index in [1.807, 2.05) is 4.90 Å². The van der Waals surface area contributed by atoms with Crippen molar-refractivity contribution in [2.45, 2.75) is 25.6 Å². The minimum Gasteiger partial charge on any atom is -0.481 e. The molecule has 0 saturated carbocycles. The van der Waals surface area contributed by atoms with Crippen molar-refractivity contribution in [2.24, 2.45) is 5.92 Å². The van der Waals surface area contributed by atoms with E-state index < -0.39 is 12.3 Å². The third kappa shape index (κ3) is 6.48. The SMILES string of the molecule is O=C(O)CC1CCN(CCOC(F)(F)F)CC1. The zero-order valence-corrected chi connectivity index (χ0v) is 9.37. The quantitative estimate of drug-likeness (QED) is 0.812. The molecule has 0 bridgehead atoms. The summed E-state index contributed by atoms with van der Waals surface area (Å²) < 4.78 is 38.8. The lowest BCUT2D eigenvalue weighted by Crippen LogP contribution is -2.37. The van der Waals surface area contributed by atoms with E-state index in [0.29, 0.717) is 13.1 Å². The first-order valence-electron chi connectivity index (χ1n) is 5.51. The van der Waals surface area contributed by atoms with E-state index in [9.17, 15) is 18.0 Å². The smallest absolute Gasteiger partial charge is 0.481 e. The van der Waals surface area contributed by atoms with Gasteiger partial charge >= 0.3 is 12.3 Å². The first-order valence-corrected chi connectivity index (χ1v) is 5.51. The van der Waals surface area contributed by atoms with Gasteiger partial charge in [0.1, 0.15) is 0 Å². The molecule has 0 atom stereocenters. The number of halogens is 3. The van der Waals surface area contributed by atoms with Crippen LogP contribution in [0.2, 0.25) is 0 Å². The molecule has 1 aliphatic rings. The molecule has 17 heavy (non-hydrogen) atoms. The number of piperidine rings is 1. The van der Waals surface area contributed by atoms with Crippen LogP contribution in [0.1, 0.15) is 19.3 Å². The number of aliphatic carboxylic acids is 1. The van der Waals surface area contributed by atoms with E-state index in [1.54, 1.807) is 0 Å². The summed E-state index contributed by atoms with van der Waals surface area (Å²) in [6.45, 7) is 1.14. The number of nitrogens with zero attached hydrogens (tertiary/aromatic N) is 1. The van der Waals surface area contributed by atoms with Crippen LogP contribution in [0.25, 0.3) is 0 Å². The third-order valence-corrected chi connectivity index (χ3v) is 2.84. The molecule has 0 spiro atoms. The number of carboxylic acids is 1. The molecule has 1 heterocycles. The Morgan fingerprint density at radius 3 is 2.41 bits per heavy atom. The average molecular weight is 255 g/mol. The van der Waals surface area contributed by atoms with Gasteiger partial charge in [0, 0.05) is 13.0 Å². The van der Waals surface area contributed by atoms with Crippen molar-refractivity contribution in [3.63, 3.8) is 0 Å². The Hall–Kier alpha value is -0.820. The van der Waals surface area contributed by atoms with Gasteiger partial charge in [0.15, 0.2) is 0 Å². The largest absolute Gasteiger partial charge is 0.522 e. The highest BCUT2D eigenvalue weighted by molar-refractivity contribution is 5.67. The second-order valence-corrected chi connectivity index (χ2v) is 4.18. The highest BCUT2D eigenvalue weighted by Crippen LogP contribution is 2.21. The summed E-state index contributed by atoms with van der Waals surface area (Å²) in [6, 6.07) is 0. The summed E-state index contributed by atoms with van der Waals surface area (Å²) in [7, 11) is 0. The molecule has 0 aromatic carbocycles. The number of likely N-dealkylation sites (tertiary alicyclic amines) is 1. The van der Waals surface area contributed by atoms with Gasteiger partial charge < -0.3 is 10.0 Å². The predicted molar refractivity (Wildman–Crippen MR) is 53.4 cm³/mol. The molecule has 1 aliphatic heterocycles. The van der Waals surface area contributed by atoms with Gasteiger partial charge in [0.25, 0.3) is 0 Å². The molecule has 1 rings (SSSR count). The van der Waals surface area contributed by atoms with Crippen molar-refractivity contribution < 1.29 is 27.8 Å². The molecule has 1 fully saturated rings. The van der Waals surface area contributed by atoms with Crippen LogP contribution in [0.4, 0.5) is 13.2 Å². The zero-order chi connectivity index (χ0) is 12.9. The summed E-state index contributed by atoms with van der Waals surface area (Å²) >= 11 is 0. The van der Waals surface area contributed by atoms with Crippen molar-refractivity contribution in [2.75, 3.05) is 26.2 Å². The Morgan fingerprint density at radius 2 is 1.94 bits per heavy atom. The van der Waals surface area contributed by atoms with Crippen molar-refractivity contribution in [3.05, 3.63) is 0 Å². The molecule has 100 valence electrons. The normalized spacial score (nSPS) is 19.5. The van der Waals surface area contributed by atoms with E-state index >= 15 is 0 Å². The Morgan fingerprint density at radius 1 is 1.35 bits per heavy atom. The highest BCUT2D eigenvalue weighted by atomic mass is 19.4. The molecular formula is C10H16F3NO3. The third-order valence-electron chi connectivity index (χ3n) is 2.84. The molecule has 0 radical (unpaired) electrons. The van der Waals surface area contributed by atoms with Gasteiger partial charge in [-0.05, 0) is 31.8 Å². The lowest BCUT2D eigenvalue weighted by atomic mass is 9.94. The Bertz CT molecular complexity index is 250. The van der Waals surface area contributed by atoms with E-state index in [2.05, 4.69) is 4.74 Å². The van der Waals surface area contributed by atoms with E-state index in [-0.39, 0.29) is 25.5 Å².